The van der Waals surface area contributed by atoms with E-state index in [4.69, 9.17) is 20.4 Å². The van der Waals surface area contributed by atoms with Crippen LogP contribution < -0.4 is 5.43 Å². The summed E-state index contributed by atoms with van der Waals surface area (Å²) in [4.78, 5) is 51.1. The van der Waals surface area contributed by atoms with Gasteiger partial charge in [0.1, 0.15) is 6.54 Å². The summed E-state index contributed by atoms with van der Waals surface area (Å²) in [6.07, 6.45) is -8.16. The summed E-state index contributed by atoms with van der Waals surface area (Å²) in [6, 6.07) is 24.8. The van der Waals surface area contributed by atoms with E-state index in [0.717, 1.165) is 60.6 Å². The number of benzene rings is 4. The van der Waals surface area contributed by atoms with Crippen LogP contribution in [0.5, 0.6) is 0 Å². The van der Waals surface area contributed by atoms with Gasteiger partial charge in [-0.05, 0) is 60.0 Å². The third-order valence-corrected chi connectivity index (χ3v) is 10.9. The zero-order valence-corrected chi connectivity index (χ0v) is 32.3. The number of likely N-dealkylation sites (N-methyl/N-ethyl adjacent to an activating group) is 1. The largest absolute Gasteiger partial charge is 0.479 e. The lowest BCUT2D eigenvalue weighted by atomic mass is 10.0. The molecule has 5 aromatic rings. The maximum atomic E-state index is 14.5. The number of thioether (sulfide) groups is 1. The van der Waals surface area contributed by atoms with Crippen LogP contribution in [0.2, 0.25) is 0 Å². The zero-order valence-electron chi connectivity index (χ0n) is 31.5. The Kier molecular flexibility index (Phi) is 14.6. The smallest absolute Gasteiger partial charge is 0.416 e. The van der Waals surface area contributed by atoms with E-state index in [2.05, 4.69) is 11.8 Å². The number of carboxylic acids is 2. The minimum Gasteiger partial charge on any atom is -0.479 e. The SMILES string of the molecule is CCN1CCC(N(Cc2ccc(-c3ccc(C(F)(F)F)cc3)cc2)C(=O)Cn2c(SCc3cccc(F)c3F)cc(=O)c3ccccc32)C1.O=C(O)[C@H](O)[C@@H](O)C(=O)O. The number of carboxylic acid groups (broad SMARTS) is 2. The van der Waals surface area contributed by atoms with Crippen molar-refractivity contribution >= 4 is 40.5 Å². The highest BCUT2D eigenvalue weighted by atomic mass is 32.2. The number of aromatic nitrogens is 1. The molecular formula is C42H40F5N3O8S. The van der Waals surface area contributed by atoms with E-state index in [0.29, 0.717) is 34.6 Å². The number of pyridine rings is 1. The van der Waals surface area contributed by atoms with E-state index >= 15 is 0 Å². The number of amides is 1. The van der Waals surface area contributed by atoms with Crippen molar-refractivity contribution in [2.24, 2.45) is 0 Å². The number of carbonyl (C=O) groups excluding carboxylic acids is 1. The lowest BCUT2D eigenvalue weighted by molar-refractivity contribution is -0.165. The number of carbonyl (C=O) groups is 3. The number of para-hydroxylation sites is 1. The second-order valence-electron chi connectivity index (χ2n) is 13.6. The van der Waals surface area contributed by atoms with E-state index in [1.54, 1.807) is 28.8 Å². The fourth-order valence-electron chi connectivity index (χ4n) is 6.52. The molecule has 59 heavy (non-hydrogen) atoms. The molecule has 1 aliphatic rings. The first-order valence-corrected chi connectivity index (χ1v) is 19.2. The molecule has 2 heterocycles. The Labute approximate surface area is 338 Å². The highest BCUT2D eigenvalue weighted by Crippen LogP contribution is 2.32. The quantitative estimate of drug-likeness (QED) is 0.0788. The Bertz CT molecular complexity index is 2320. The molecule has 4 N–H and O–H groups in total. The highest BCUT2D eigenvalue weighted by Gasteiger charge is 2.32. The van der Waals surface area contributed by atoms with Crippen LogP contribution in [0.1, 0.15) is 30.0 Å². The van der Waals surface area contributed by atoms with E-state index in [-0.39, 0.29) is 35.2 Å². The average Bonchev–Trinajstić information content (AvgIpc) is 3.70. The van der Waals surface area contributed by atoms with Crippen molar-refractivity contribution in [1.29, 1.82) is 0 Å². The van der Waals surface area contributed by atoms with E-state index in [1.165, 1.54) is 30.3 Å². The summed E-state index contributed by atoms with van der Waals surface area (Å²) in [7, 11) is 0. The van der Waals surface area contributed by atoms with E-state index in [9.17, 15) is 41.1 Å². The van der Waals surface area contributed by atoms with Crippen molar-refractivity contribution in [3.63, 3.8) is 0 Å². The van der Waals surface area contributed by atoms with Gasteiger partial charge in [-0.25, -0.2) is 18.4 Å². The Morgan fingerprint density at radius 2 is 1.47 bits per heavy atom. The molecule has 312 valence electrons. The third kappa shape index (κ3) is 11.1. The average molecular weight is 842 g/mol. The van der Waals surface area contributed by atoms with Gasteiger partial charge in [-0.1, -0.05) is 67.6 Å². The van der Waals surface area contributed by atoms with Crippen LogP contribution in [-0.4, -0.2) is 90.5 Å². The molecule has 17 heteroatoms. The van der Waals surface area contributed by atoms with Gasteiger partial charge in [0.25, 0.3) is 0 Å². The van der Waals surface area contributed by atoms with E-state index < -0.39 is 47.5 Å². The van der Waals surface area contributed by atoms with E-state index in [1.807, 2.05) is 29.2 Å². The van der Waals surface area contributed by atoms with Crippen molar-refractivity contribution in [2.75, 3.05) is 19.6 Å². The van der Waals surface area contributed by atoms with Crippen LogP contribution in [0.25, 0.3) is 22.0 Å². The number of aliphatic carboxylic acids is 2. The number of hydrogen-bond acceptors (Lipinski definition) is 8. The zero-order chi connectivity index (χ0) is 43.0. The number of fused-ring (bicyclic) bond motifs is 1. The Morgan fingerprint density at radius 1 is 0.864 bits per heavy atom. The Balaban J connectivity index is 0.000000586. The van der Waals surface area contributed by atoms with Crippen LogP contribution in [-0.2, 0) is 39.4 Å². The molecule has 0 radical (unpaired) electrons. The molecule has 1 saturated heterocycles. The first-order chi connectivity index (χ1) is 28.0. The summed E-state index contributed by atoms with van der Waals surface area (Å²) in [5.41, 5.74) is 2.03. The standard InChI is InChI=1S/C38H34F5N3O2S.C4H6O6/c1-2-44-19-18-30(22-44)45(21-25-10-12-26(13-11-25)27-14-16-29(17-15-27)38(41,42)43)35(48)23-46-33-9-4-3-7-31(33)34(47)20-36(46)49-24-28-6-5-8-32(39)37(28)40;5-1(3(7)8)2(6)4(9)10/h3-17,20,30H,2,18-19,21-24H2,1H3;1-2,5-6H,(H,7,8)(H,9,10)/t;1-,2-/m.1/s1. The predicted molar refractivity (Wildman–Crippen MR) is 209 cm³/mol. The summed E-state index contributed by atoms with van der Waals surface area (Å²) in [5.74, 6) is -5.55. The number of likely N-dealkylation sites (tertiary alicyclic amines) is 1. The monoisotopic (exact) mass is 841 g/mol. The molecule has 0 spiro atoms. The van der Waals surface area contributed by atoms with Crippen LogP contribution in [0.3, 0.4) is 0 Å². The molecular weight excluding hydrogens is 802 g/mol. The van der Waals surface area contributed by atoms with Crippen molar-refractivity contribution in [3.05, 3.63) is 136 Å². The summed E-state index contributed by atoms with van der Waals surface area (Å²) < 4.78 is 69.4. The maximum absolute atomic E-state index is 14.5. The van der Waals surface area contributed by atoms with Crippen LogP contribution in [0.4, 0.5) is 22.0 Å². The van der Waals surface area contributed by atoms with Gasteiger partial charge in [-0.2, -0.15) is 13.2 Å². The molecule has 6 rings (SSSR count). The molecule has 11 nitrogen and oxygen atoms in total. The van der Waals surface area contributed by atoms with Crippen molar-refractivity contribution < 1.29 is 56.8 Å². The molecule has 1 unspecified atom stereocenters. The third-order valence-electron chi connectivity index (χ3n) is 9.79. The summed E-state index contributed by atoms with van der Waals surface area (Å²) in [6.45, 7) is 4.70. The summed E-state index contributed by atoms with van der Waals surface area (Å²) >= 11 is 1.16. The molecule has 0 saturated carbocycles. The van der Waals surface area contributed by atoms with Gasteiger partial charge in [0.05, 0.1) is 16.1 Å². The molecule has 1 aliphatic heterocycles. The van der Waals surface area contributed by atoms with Crippen molar-refractivity contribution in [3.8, 4) is 11.1 Å². The fourth-order valence-corrected chi connectivity index (χ4v) is 7.56. The Morgan fingerprint density at radius 3 is 2.05 bits per heavy atom. The van der Waals surface area contributed by atoms with Crippen LogP contribution >= 0.6 is 11.8 Å². The second kappa shape index (κ2) is 19.4. The molecule has 4 aromatic carbocycles. The molecule has 3 atom stereocenters. The number of aliphatic hydroxyl groups excluding tert-OH is 2. The minimum absolute atomic E-state index is 0.0542. The number of rotatable bonds is 13. The van der Waals surface area contributed by atoms with Gasteiger partial charge in [0.2, 0.25) is 5.91 Å². The topological polar surface area (TPSA) is 161 Å². The highest BCUT2D eigenvalue weighted by molar-refractivity contribution is 7.98. The molecule has 0 aliphatic carbocycles. The number of hydrogen-bond donors (Lipinski definition) is 4. The Hall–Kier alpha value is -5.62. The second-order valence-corrected chi connectivity index (χ2v) is 14.6. The summed E-state index contributed by atoms with van der Waals surface area (Å²) in [5, 5.41) is 33.4. The van der Waals surface area contributed by atoms with Gasteiger partial charge in [0.15, 0.2) is 29.3 Å². The van der Waals surface area contributed by atoms with Gasteiger partial charge >= 0.3 is 18.1 Å². The van der Waals surface area contributed by atoms with Gasteiger partial charge in [-0.3, -0.25) is 9.59 Å². The van der Waals surface area contributed by atoms with Crippen LogP contribution in [0.15, 0.2) is 107 Å². The predicted octanol–water partition coefficient (Wildman–Crippen LogP) is 6.26. The normalized spacial score (nSPS) is 15.3. The maximum Gasteiger partial charge on any atom is 0.416 e. The number of alkyl halides is 3. The number of aliphatic hydroxyl groups is 2. The molecule has 0 bridgehead atoms. The molecule has 1 aromatic heterocycles. The lowest BCUT2D eigenvalue weighted by Crippen LogP contribution is -2.43. The van der Waals surface area contributed by atoms with Gasteiger partial charge in [-0.15, -0.1) is 11.8 Å². The molecule has 1 fully saturated rings. The number of halogens is 5. The van der Waals surface area contributed by atoms with Crippen LogP contribution in [0, 0.1) is 11.6 Å². The number of nitrogens with zero attached hydrogens (tertiary/aromatic N) is 3. The van der Waals surface area contributed by atoms with Crippen molar-refractivity contribution in [1.82, 2.24) is 14.4 Å². The first kappa shape index (κ1) is 44.5. The fraction of sp³-hybridized carbons (Fsp3) is 0.286. The minimum atomic E-state index is -4.41. The van der Waals surface area contributed by atoms with Gasteiger partial charge in [0, 0.05) is 48.4 Å². The first-order valence-electron chi connectivity index (χ1n) is 18.3. The van der Waals surface area contributed by atoms with Crippen molar-refractivity contribution in [2.45, 2.75) is 61.6 Å². The molecule has 1 amide bonds. The lowest BCUT2D eigenvalue weighted by Gasteiger charge is -2.30. The van der Waals surface area contributed by atoms with Gasteiger partial charge < -0.3 is 34.8 Å².